The smallest absolute Gasteiger partial charge is 0.202 e. The Morgan fingerprint density at radius 2 is 2.38 bits per heavy atom. The fraction of sp³-hybridized carbons (Fsp3) is 0.667. The summed E-state index contributed by atoms with van der Waals surface area (Å²) >= 11 is 0. The third-order valence-corrected chi connectivity index (χ3v) is 1.92. The fourth-order valence-corrected chi connectivity index (χ4v) is 1.17. The molecule has 1 aromatic rings. The Kier molecular flexibility index (Phi) is 4.32. The summed E-state index contributed by atoms with van der Waals surface area (Å²) < 4.78 is 2.05. The third-order valence-electron chi connectivity index (χ3n) is 1.92. The second-order valence-corrected chi connectivity index (χ2v) is 2.89. The lowest BCUT2D eigenvalue weighted by Crippen LogP contribution is -2.08. The van der Waals surface area contributed by atoms with E-state index in [4.69, 9.17) is 5.11 Å². The predicted molar refractivity (Wildman–Crippen MR) is 52.7 cm³/mol. The number of aryl methyl sites for hydroxylation is 1. The lowest BCUT2D eigenvalue weighted by molar-refractivity contribution is 0.286. The van der Waals surface area contributed by atoms with Gasteiger partial charge in [-0.25, -0.2) is 4.98 Å². The molecule has 0 aromatic carbocycles. The van der Waals surface area contributed by atoms with Gasteiger partial charge in [-0.2, -0.15) is 0 Å². The zero-order chi connectivity index (χ0) is 9.52. The molecule has 74 valence electrons. The molecule has 1 heterocycles. The normalized spacial score (nSPS) is 10.3. The van der Waals surface area contributed by atoms with Crippen molar-refractivity contribution in [1.82, 2.24) is 9.55 Å². The molecule has 0 saturated heterocycles. The second kappa shape index (κ2) is 5.59. The number of aliphatic hydroxyl groups is 1. The Morgan fingerprint density at radius 1 is 1.54 bits per heavy atom. The molecule has 0 aliphatic heterocycles. The summed E-state index contributed by atoms with van der Waals surface area (Å²) in [5.41, 5.74) is 0. The molecule has 0 aliphatic rings. The van der Waals surface area contributed by atoms with Crippen LogP contribution >= 0.6 is 0 Å². The van der Waals surface area contributed by atoms with Crippen LogP contribution in [0.25, 0.3) is 0 Å². The van der Waals surface area contributed by atoms with Crippen molar-refractivity contribution in [3.05, 3.63) is 12.4 Å². The Morgan fingerprint density at radius 3 is 3.08 bits per heavy atom. The van der Waals surface area contributed by atoms with Crippen molar-refractivity contribution in [2.75, 3.05) is 18.5 Å². The topological polar surface area (TPSA) is 50.1 Å². The quantitative estimate of drug-likeness (QED) is 0.649. The van der Waals surface area contributed by atoms with E-state index in [1.807, 2.05) is 6.20 Å². The molecule has 0 fully saturated rings. The molecule has 0 atom stereocenters. The largest absolute Gasteiger partial charge is 0.396 e. The summed E-state index contributed by atoms with van der Waals surface area (Å²) in [6.45, 7) is 4.16. The number of aromatic nitrogens is 2. The van der Waals surface area contributed by atoms with Crippen LogP contribution in [-0.4, -0.2) is 27.8 Å². The molecule has 0 bridgehead atoms. The van der Waals surface area contributed by atoms with Gasteiger partial charge in [-0.3, -0.25) is 0 Å². The highest BCUT2D eigenvalue weighted by Gasteiger charge is 1.97. The van der Waals surface area contributed by atoms with E-state index in [2.05, 4.69) is 21.8 Å². The minimum Gasteiger partial charge on any atom is -0.396 e. The van der Waals surface area contributed by atoms with Crippen LogP contribution in [0.4, 0.5) is 5.95 Å². The summed E-state index contributed by atoms with van der Waals surface area (Å²) in [7, 11) is 0. The van der Waals surface area contributed by atoms with E-state index in [1.54, 1.807) is 6.20 Å². The molecule has 4 heteroatoms. The average Bonchev–Trinajstić information content (AvgIpc) is 2.60. The second-order valence-electron chi connectivity index (χ2n) is 2.89. The first-order valence-electron chi connectivity index (χ1n) is 4.74. The van der Waals surface area contributed by atoms with Crippen molar-refractivity contribution < 1.29 is 5.11 Å². The van der Waals surface area contributed by atoms with Crippen LogP contribution in [-0.2, 0) is 6.54 Å². The third kappa shape index (κ3) is 3.06. The summed E-state index contributed by atoms with van der Waals surface area (Å²) in [6.07, 6.45) is 5.57. The molecule has 0 radical (unpaired) electrons. The summed E-state index contributed by atoms with van der Waals surface area (Å²) in [5.74, 6) is 0.917. The number of hydrogen-bond acceptors (Lipinski definition) is 3. The fourth-order valence-electron chi connectivity index (χ4n) is 1.17. The number of unbranched alkanes of at least 4 members (excludes halogenated alkanes) is 1. The Hall–Kier alpha value is -1.03. The van der Waals surface area contributed by atoms with E-state index in [0.29, 0.717) is 0 Å². The van der Waals surface area contributed by atoms with Gasteiger partial charge in [0.2, 0.25) is 5.95 Å². The predicted octanol–water partition coefficient (Wildman–Crippen LogP) is 1.09. The molecule has 0 spiro atoms. The molecule has 0 saturated carbocycles. The van der Waals surface area contributed by atoms with Gasteiger partial charge >= 0.3 is 0 Å². The molecule has 4 nitrogen and oxygen atoms in total. The van der Waals surface area contributed by atoms with Gasteiger partial charge in [-0.1, -0.05) is 0 Å². The monoisotopic (exact) mass is 183 g/mol. The number of imidazole rings is 1. The van der Waals surface area contributed by atoms with Gasteiger partial charge in [0, 0.05) is 32.1 Å². The van der Waals surface area contributed by atoms with Crippen molar-refractivity contribution in [3.8, 4) is 0 Å². The van der Waals surface area contributed by atoms with E-state index in [0.717, 1.165) is 31.9 Å². The van der Waals surface area contributed by atoms with E-state index in [1.165, 1.54) is 0 Å². The van der Waals surface area contributed by atoms with Crippen LogP contribution in [0.5, 0.6) is 0 Å². The highest BCUT2D eigenvalue weighted by molar-refractivity contribution is 5.25. The lowest BCUT2D eigenvalue weighted by atomic mass is 10.3. The van der Waals surface area contributed by atoms with Crippen LogP contribution in [0.1, 0.15) is 19.8 Å². The first kappa shape index (κ1) is 10.1. The highest BCUT2D eigenvalue weighted by atomic mass is 16.2. The van der Waals surface area contributed by atoms with E-state index < -0.39 is 0 Å². The van der Waals surface area contributed by atoms with Gasteiger partial charge in [0.15, 0.2) is 0 Å². The minimum atomic E-state index is 0.268. The number of aliphatic hydroxyl groups excluding tert-OH is 1. The zero-order valence-electron chi connectivity index (χ0n) is 8.03. The maximum absolute atomic E-state index is 8.58. The Labute approximate surface area is 78.6 Å². The molecule has 13 heavy (non-hydrogen) atoms. The van der Waals surface area contributed by atoms with Gasteiger partial charge in [-0.15, -0.1) is 0 Å². The first-order chi connectivity index (χ1) is 6.38. The van der Waals surface area contributed by atoms with Gasteiger partial charge in [-0.05, 0) is 19.8 Å². The number of anilines is 1. The molecular weight excluding hydrogens is 166 g/mol. The Bertz CT molecular complexity index is 235. The van der Waals surface area contributed by atoms with Crippen molar-refractivity contribution in [2.24, 2.45) is 0 Å². The Balaban J connectivity index is 2.27. The van der Waals surface area contributed by atoms with Gasteiger partial charge in [0.25, 0.3) is 0 Å². The average molecular weight is 183 g/mol. The summed E-state index contributed by atoms with van der Waals surface area (Å²) in [5, 5.41) is 11.8. The maximum atomic E-state index is 8.58. The van der Waals surface area contributed by atoms with Crippen LogP contribution in [0.15, 0.2) is 12.4 Å². The molecular formula is C9H17N3O. The molecule has 0 unspecified atom stereocenters. The first-order valence-corrected chi connectivity index (χ1v) is 4.74. The van der Waals surface area contributed by atoms with Crippen molar-refractivity contribution in [2.45, 2.75) is 26.3 Å². The van der Waals surface area contributed by atoms with E-state index >= 15 is 0 Å². The van der Waals surface area contributed by atoms with Crippen LogP contribution in [0.3, 0.4) is 0 Å². The van der Waals surface area contributed by atoms with Gasteiger partial charge < -0.3 is 15.0 Å². The van der Waals surface area contributed by atoms with Gasteiger partial charge in [0.1, 0.15) is 0 Å². The van der Waals surface area contributed by atoms with Crippen molar-refractivity contribution in [3.63, 3.8) is 0 Å². The zero-order valence-corrected chi connectivity index (χ0v) is 8.03. The van der Waals surface area contributed by atoms with E-state index in [9.17, 15) is 0 Å². The van der Waals surface area contributed by atoms with Gasteiger partial charge in [0.05, 0.1) is 0 Å². The summed E-state index contributed by atoms with van der Waals surface area (Å²) in [6, 6.07) is 0. The number of nitrogens with zero attached hydrogens (tertiary/aromatic N) is 2. The van der Waals surface area contributed by atoms with Crippen LogP contribution in [0, 0.1) is 0 Å². The summed E-state index contributed by atoms with van der Waals surface area (Å²) in [4.78, 5) is 4.17. The lowest BCUT2D eigenvalue weighted by Gasteiger charge is -2.06. The highest BCUT2D eigenvalue weighted by Crippen LogP contribution is 2.03. The number of hydrogen-bond donors (Lipinski definition) is 2. The molecule has 1 rings (SSSR count). The number of rotatable bonds is 6. The standard InChI is InChI=1S/C9H17N3O/c1-2-12-7-6-11-9(12)10-5-3-4-8-13/h6-7,13H,2-5,8H2,1H3,(H,10,11). The van der Waals surface area contributed by atoms with Crippen LogP contribution < -0.4 is 5.32 Å². The van der Waals surface area contributed by atoms with Crippen molar-refractivity contribution in [1.29, 1.82) is 0 Å². The van der Waals surface area contributed by atoms with Crippen LogP contribution in [0.2, 0.25) is 0 Å². The molecule has 1 aromatic heterocycles. The molecule has 2 N–H and O–H groups in total. The SMILES string of the molecule is CCn1ccnc1NCCCCO. The van der Waals surface area contributed by atoms with E-state index in [-0.39, 0.29) is 6.61 Å². The molecule has 0 amide bonds. The maximum Gasteiger partial charge on any atom is 0.202 e. The minimum absolute atomic E-state index is 0.268. The molecule has 0 aliphatic carbocycles. The van der Waals surface area contributed by atoms with Crippen molar-refractivity contribution >= 4 is 5.95 Å². The number of nitrogens with one attached hydrogen (secondary N) is 1.